The Morgan fingerprint density at radius 2 is 2.00 bits per heavy atom. The second kappa shape index (κ2) is 11.6. The number of carbonyl (C=O) groups excluding carboxylic acids is 1. The molecule has 2 aromatic rings. The molecule has 1 radical (unpaired) electrons. The molecular formula is C30H41BN3OS. The van der Waals surface area contributed by atoms with Crippen molar-refractivity contribution in [2.24, 2.45) is 0 Å². The highest BCUT2D eigenvalue weighted by Gasteiger charge is 2.31. The van der Waals surface area contributed by atoms with Crippen LogP contribution in [0, 0.1) is 0 Å². The fourth-order valence-electron chi connectivity index (χ4n) is 4.49. The first-order valence-corrected chi connectivity index (χ1v) is 13.8. The maximum absolute atomic E-state index is 13.5. The molecule has 1 amide bonds. The standard InChI is InChI=1S/C30H41BN3OS/c1-10-11-12-13-20(2)23-16-24-26(17-27(23)32-7)31-18-25(21(3)29(35)34(9)30(4,5)6)28(24)33(8)22-14-15-36-19-22/h13-17,19,32H,3,10-12,18H2,1-2,4-9H3/b20-13+. The number of thiophene rings is 1. The number of carbonyl (C=O) groups is 1. The van der Waals surface area contributed by atoms with Crippen LogP contribution in [-0.4, -0.2) is 44.8 Å². The van der Waals surface area contributed by atoms with Crippen molar-refractivity contribution >= 4 is 52.6 Å². The molecule has 3 rings (SSSR count). The van der Waals surface area contributed by atoms with E-state index in [0.29, 0.717) is 11.9 Å². The van der Waals surface area contributed by atoms with Gasteiger partial charge in [0.25, 0.3) is 5.91 Å². The number of rotatable bonds is 9. The third-order valence-electron chi connectivity index (χ3n) is 7.12. The van der Waals surface area contributed by atoms with E-state index in [0.717, 1.165) is 34.6 Å². The van der Waals surface area contributed by atoms with Gasteiger partial charge in [0.2, 0.25) is 0 Å². The number of unbranched alkanes of at least 4 members (excludes halogenated alkanes) is 2. The number of anilines is 2. The van der Waals surface area contributed by atoms with Gasteiger partial charge >= 0.3 is 0 Å². The second-order valence-corrected chi connectivity index (χ2v) is 11.3. The molecule has 0 saturated carbocycles. The van der Waals surface area contributed by atoms with E-state index in [2.05, 4.69) is 80.0 Å². The normalized spacial score (nSPS) is 13.7. The Morgan fingerprint density at radius 1 is 1.28 bits per heavy atom. The summed E-state index contributed by atoms with van der Waals surface area (Å²) in [7, 11) is 8.16. The Morgan fingerprint density at radius 3 is 2.58 bits per heavy atom. The van der Waals surface area contributed by atoms with Gasteiger partial charge in [0.1, 0.15) is 0 Å². The molecule has 6 heteroatoms. The van der Waals surface area contributed by atoms with Crippen molar-refractivity contribution in [2.45, 2.75) is 65.7 Å². The van der Waals surface area contributed by atoms with Crippen LogP contribution < -0.4 is 15.7 Å². The average Bonchev–Trinajstić information content (AvgIpc) is 3.40. The lowest BCUT2D eigenvalue weighted by atomic mass is 9.58. The van der Waals surface area contributed by atoms with Crippen LogP contribution in [0.2, 0.25) is 6.32 Å². The number of fused-ring (bicyclic) bond motifs is 1. The van der Waals surface area contributed by atoms with E-state index < -0.39 is 0 Å². The predicted octanol–water partition coefficient (Wildman–Crippen LogP) is 6.81. The maximum atomic E-state index is 13.5. The number of hydrogen-bond acceptors (Lipinski definition) is 4. The summed E-state index contributed by atoms with van der Waals surface area (Å²) in [5.41, 5.74) is 9.31. The minimum Gasteiger partial charge on any atom is -0.388 e. The molecule has 0 unspecified atom stereocenters. The molecule has 0 spiro atoms. The SMILES string of the molecule is C=C(C(=O)N(C)C(C)(C)C)C1=C(N(C)c2ccsc2)c2cc(/C(C)=C/CCCC)c(NC)cc2[B]C1. The van der Waals surface area contributed by atoms with Gasteiger partial charge in [-0.05, 0) is 80.7 Å². The van der Waals surface area contributed by atoms with Crippen LogP contribution in [0.3, 0.4) is 0 Å². The van der Waals surface area contributed by atoms with Gasteiger partial charge < -0.3 is 15.1 Å². The third-order valence-corrected chi connectivity index (χ3v) is 7.79. The van der Waals surface area contributed by atoms with Crippen molar-refractivity contribution in [1.82, 2.24) is 4.90 Å². The number of nitrogens with one attached hydrogen (secondary N) is 1. The number of allylic oxidation sites excluding steroid dienone is 2. The number of hydrogen-bond donors (Lipinski definition) is 1. The highest BCUT2D eigenvalue weighted by atomic mass is 32.1. The Bertz CT molecular complexity index is 1170. The molecule has 1 aromatic carbocycles. The number of likely N-dealkylation sites (N-methyl/N-ethyl adjacent to an activating group) is 1. The monoisotopic (exact) mass is 502 g/mol. The maximum Gasteiger partial charge on any atom is 0.253 e. The zero-order chi connectivity index (χ0) is 26.6. The molecule has 1 aromatic heterocycles. The lowest BCUT2D eigenvalue weighted by Gasteiger charge is -2.36. The number of nitrogens with zero attached hydrogens (tertiary/aromatic N) is 2. The Kier molecular flexibility index (Phi) is 8.94. The molecule has 0 aliphatic carbocycles. The van der Waals surface area contributed by atoms with E-state index >= 15 is 0 Å². The Hall–Kier alpha value is -2.73. The van der Waals surface area contributed by atoms with Gasteiger partial charge in [-0.15, -0.1) is 0 Å². The van der Waals surface area contributed by atoms with Crippen LogP contribution in [0.4, 0.5) is 11.4 Å². The van der Waals surface area contributed by atoms with Gasteiger partial charge in [0.15, 0.2) is 7.28 Å². The summed E-state index contributed by atoms with van der Waals surface area (Å²) in [6.45, 7) is 14.9. The van der Waals surface area contributed by atoms with Gasteiger partial charge in [0.05, 0.1) is 11.4 Å². The van der Waals surface area contributed by atoms with E-state index in [-0.39, 0.29) is 11.4 Å². The van der Waals surface area contributed by atoms with Crippen molar-refractivity contribution in [3.63, 3.8) is 0 Å². The van der Waals surface area contributed by atoms with Crippen molar-refractivity contribution in [2.75, 3.05) is 31.4 Å². The van der Waals surface area contributed by atoms with Crippen molar-refractivity contribution in [3.05, 3.63) is 63.9 Å². The lowest BCUT2D eigenvalue weighted by Crippen LogP contribution is -2.44. The number of amides is 1. The summed E-state index contributed by atoms with van der Waals surface area (Å²) < 4.78 is 0. The van der Waals surface area contributed by atoms with Crippen LogP contribution in [0.15, 0.2) is 52.8 Å². The first-order chi connectivity index (χ1) is 17.0. The summed E-state index contributed by atoms with van der Waals surface area (Å²) in [6, 6.07) is 6.65. The Labute approximate surface area is 223 Å². The van der Waals surface area contributed by atoms with Crippen molar-refractivity contribution < 1.29 is 4.79 Å². The zero-order valence-corrected chi connectivity index (χ0v) is 24.1. The van der Waals surface area contributed by atoms with Crippen LogP contribution in [0.1, 0.15) is 65.0 Å². The molecule has 1 aliphatic rings. The highest BCUT2D eigenvalue weighted by Crippen LogP contribution is 2.38. The average molecular weight is 503 g/mol. The summed E-state index contributed by atoms with van der Waals surface area (Å²) in [5.74, 6) is -0.0340. The molecule has 0 saturated heterocycles. The largest absolute Gasteiger partial charge is 0.388 e. The van der Waals surface area contributed by atoms with Gasteiger partial charge in [-0.25, -0.2) is 0 Å². The van der Waals surface area contributed by atoms with Crippen LogP contribution in [-0.2, 0) is 4.79 Å². The van der Waals surface area contributed by atoms with Crippen LogP contribution >= 0.6 is 11.3 Å². The lowest BCUT2D eigenvalue weighted by molar-refractivity contribution is -0.129. The number of benzene rings is 1. The smallest absolute Gasteiger partial charge is 0.253 e. The molecule has 36 heavy (non-hydrogen) atoms. The predicted molar refractivity (Wildman–Crippen MR) is 161 cm³/mol. The fraction of sp³-hybridized carbons (Fsp3) is 0.433. The topological polar surface area (TPSA) is 35.6 Å². The van der Waals surface area contributed by atoms with Gasteiger partial charge in [-0.3, -0.25) is 4.79 Å². The molecule has 1 aliphatic heterocycles. The fourth-order valence-corrected chi connectivity index (χ4v) is 5.16. The van der Waals surface area contributed by atoms with E-state index in [9.17, 15) is 4.79 Å². The Balaban J connectivity index is 2.21. The molecule has 2 heterocycles. The zero-order valence-electron chi connectivity index (χ0n) is 23.3. The second-order valence-electron chi connectivity index (χ2n) is 10.6. The first kappa shape index (κ1) is 27.9. The van der Waals surface area contributed by atoms with Gasteiger partial charge in [0, 0.05) is 48.9 Å². The van der Waals surface area contributed by atoms with Crippen molar-refractivity contribution in [3.8, 4) is 0 Å². The summed E-state index contributed by atoms with van der Waals surface area (Å²) in [6.07, 6.45) is 6.44. The van der Waals surface area contributed by atoms with Gasteiger partial charge in [-0.2, -0.15) is 11.3 Å². The summed E-state index contributed by atoms with van der Waals surface area (Å²) >= 11 is 1.67. The van der Waals surface area contributed by atoms with E-state index in [1.54, 1.807) is 16.2 Å². The van der Waals surface area contributed by atoms with Crippen LogP contribution in [0.5, 0.6) is 0 Å². The highest BCUT2D eigenvalue weighted by molar-refractivity contribution is 7.08. The minimum absolute atomic E-state index is 0.0340. The molecule has 0 fully saturated rings. The van der Waals surface area contributed by atoms with Gasteiger partial charge in [-0.1, -0.05) is 37.9 Å². The quantitative estimate of drug-likeness (QED) is 0.233. The molecular weight excluding hydrogens is 461 g/mol. The van der Waals surface area contributed by atoms with Crippen LogP contribution in [0.25, 0.3) is 11.3 Å². The summed E-state index contributed by atoms with van der Waals surface area (Å²) in [5, 5.41) is 7.64. The molecule has 0 bridgehead atoms. The molecule has 1 N–H and O–H groups in total. The first-order valence-electron chi connectivity index (χ1n) is 12.8. The van der Waals surface area contributed by atoms with Crippen molar-refractivity contribution in [1.29, 1.82) is 0 Å². The van der Waals surface area contributed by atoms with E-state index in [1.165, 1.54) is 29.4 Å². The van der Waals surface area contributed by atoms with E-state index in [1.807, 2.05) is 34.9 Å². The molecule has 0 atom stereocenters. The minimum atomic E-state index is -0.286. The summed E-state index contributed by atoms with van der Waals surface area (Å²) in [4.78, 5) is 17.5. The van der Waals surface area contributed by atoms with E-state index in [4.69, 9.17) is 0 Å². The molecule has 191 valence electrons. The third kappa shape index (κ3) is 5.80. The molecule has 4 nitrogen and oxygen atoms in total.